The van der Waals surface area contributed by atoms with Crippen LogP contribution in [-0.2, 0) is 12.8 Å². The van der Waals surface area contributed by atoms with Gasteiger partial charge < -0.3 is 5.32 Å². The fraction of sp³-hybridized carbons (Fsp3) is 0.765. The quantitative estimate of drug-likeness (QED) is 0.834. The molecule has 1 aromatic heterocycles. The number of anilines is 1. The van der Waals surface area contributed by atoms with E-state index in [1.807, 2.05) is 0 Å². The second-order valence-corrected chi connectivity index (χ2v) is 6.32. The van der Waals surface area contributed by atoms with Crippen LogP contribution in [0.2, 0.25) is 0 Å². The lowest BCUT2D eigenvalue weighted by Crippen LogP contribution is -2.12. The van der Waals surface area contributed by atoms with Crippen molar-refractivity contribution >= 4 is 5.82 Å². The van der Waals surface area contributed by atoms with Crippen molar-refractivity contribution in [1.29, 1.82) is 0 Å². The molecule has 2 aliphatic carbocycles. The molecule has 0 radical (unpaired) electrons. The smallest absolute Gasteiger partial charge is 0.134 e. The zero-order chi connectivity index (χ0) is 13.8. The van der Waals surface area contributed by atoms with Gasteiger partial charge in [0.25, 0.3) is 0 Å². The number of hydrogen-bond acceptors (Lipinski definition) is 3. The molecule has 0 bridgehead atoms. The third-order valence-electron chi connectivity index (χ3n) is 4.71. The van der Waals surface area contributed by atoms with Crippen molar-refractivity contribution in [2.24, 2.45) is 0 Å². The van der Waals surface area contributed by atoms with E-state index in [1.165, 1.54) is 56.2 Å². The first-order chi connectivity index (χ1) is 9.88. The average Bonchev–Trinajstić information content (AvgIpc) is 2.78. The van der Waals surface area contributed by atoms with Gasteiger partial charge in [0.15, 0.2) is 0 Å². The molecular formula is C17H27N3. The fourth-order valence-corrected chi connectivity index (χ4v) is 3.56. The van der Waals surface area contributed by atoms with Crippen LogP contribution < -0.4 is 5.32 Å². The van der Waals surface area contributed by atoms with Crippen molar-refractivity contribution in [2.75, 3.05) is 11.9 Å². The lowest BCUT2D eigenvalue weighted by atomic mass is 9.99. The Hall–Kier alpha value is -1.12. The van der Waals surface area contributed by atoms with Gasteiger partial charge >= 0.3 is 0 Å². The summed E-state index contributed by atoms with van der Waals surface area (Å²) in [6, 6.07) is 0. The fourth-order valence-electron chi connectivity index (χ4n) is 3.56. The SMILES string of the molecule is CCCNc1nc(C2CCCCCC2)nc2c1CCC2. The summed E-state index contributed by atoms with van der Waals surface area (Å²) >= 11 is 0. The summed E-state index contributed by atoms with van der Waals surface area (Å²) in [5, 5.41) is 3.54. The van der Waals surface area contributed by atoms with Crippen LogP contribution in [0.3, 0.4) is 0 Å². The van der Waals surface area contributed by atoms with Crippen molar-refractivity contribution in [2.45, 2.75) is 77.0 Å². The molecule has 3 heteroatoms. The summed E-state index contributed by atoms with van der Waals surface area (Å²) < 4.78 is 0. The molecule has 1 aromatic rings. The van der Waals surface area contributed by atoms with Crippen molar-refractivity contribution in [1.82, 2.24) is 9.97 Å². The first-order valence-electron chi connectivity index (χ1n) is 8.52. The van der Waals surface area contributed by atoms with E-state index in [9.17, 15) is 0 Å². The Labute approximate surface area is 122 Å². The van der Waals surface area contributed by atoms with Crippen molar-refractivity contribution in [3.63, 3.8) is 0 Å². The summed E-state index contributed by atoms with van der Waals surface area (Å²) in [7, 11) is 0. The Bertz CT molecular complexity index is 448. The molecule has 1 saturated carbocycles. The van der Waals surface area contributed by atoms with Crippen molar-refractivity contribution < 1.29 is 0 Å². The summed E-state index contributed by atoms with van der Waals surface area (Å²) in [6.45, 7) is 3.23. The predicted octanol–water partition coefficient (Wildman–Crippen LogP) is 4.23. The second-order valence-electron chi connectivity index (χ2n) is 6.32. The minimum absolute atomic E-state index is 0.602. The monoisotopic (exact) mass is 273 g/mol. The summed E-state index contributed by atoms with van der Waals surface area (Å²) in [6.07, 6.45) is 12.8. The van der Waals surface area contributed by atoms with Crippen LogP contribution in [0, 0.1) is 0 Å². The molecule has 2 aliphatic rings. The molecule has 0 spiro atoms. The highest BCUT2D eigenvalue weighted by molar-refractivity contribution is 5.49. The van der Waals surface area contributed by atoms with Crippen LogP contribution in [0.5, 0.6) is 0 Å². The van der Waals surface area contributed by atoms with Crippen LogP contribution in [-0.4, -0.2) is 16.5 Å². The first-order valence-corrected chi connectivity index (χ1v) is 8.52. The summed E-state index contributed by atoms with van der Waals surface area (Å²) in [5.74, 6) is 2.88. The molecule has 3 rings (SSSR count). The maximum Gasteiger partial charge on any atom is 0.134 e. The Morgan fingerprint density at radius 3 is 2.55 bits per heavy atom. The lowest BCUT2D eigenvalue weighted by molar-refractivity contribution is 0.558. The molecular weight excluding hydrogens is 246 g/mol. The highest BCUT2D eigenvalue weighted by Crippen LogP contribution is 2.33. The Balaban J connectivity index is 1.86. The molecule has 0 unspecified atom stereocenters. The number of aryl methyl sites for hydroxylation is 1. The first kappa shape index (κ1) is 13.8. The summed E-state index contributed by atoms with van der Waals surface area (Å²) in [5.41, 5.74) is 2.73. The molecule has 0 aromatic carbocycles. The molecule has 0 amide bonds. The highest BCUT2D eigenvalue weighted by atomic mass is 15.0. The molecule has 0 saturated heterocycles. The Kier molecular flexibility index (Phi) is 4.54. The van der Waals surface area contributed by atoms with Gasteiger partial charge in [-0.2, -0.15) is 0 Å². The second kappa shape index (κ2) is 6.55. The van der Waals surface area contributed by atoms with E-state index < -0.39 is 0 Å². The number of rotatable bonds is 4. The Morgan fingerprint density at radius 2 is 1.80 bits per heavy atom. The molecule has 0 atom stereocenters. The predicted molar refractivity (Wildman–Crippen MR) is 83.3 cm³/mol. The number of nitrogens with one attached hydrogen (secondary N) is 1. The maximum atomic E-state index is 4.94. The molecule has 110 valence electrons. The van der Waals surface area contributed by atoms with E-state index >= 15 is 0 Å². The minimum atomic E-state index is 0.602. The maximum absolute atomic E-state index is 4.94. The molecule has 20 heavy (non-hydrogen) atoms. The molecule has 1 heterocycles. The third kappa shape index (κ3) is 2.97. The van der Waals surface area contributed by atoms with Gasteiger partial charge in [-0.25, -0.2) is 9.97 Å². The summed E-state index contributed by atoms with van der Waals surface area (Å²) in [4.78, 5) is 9.86. The number of fused-ring (bicyclic) bond motifs is 1. The largest absolute Gasteiger partial charge is 0.370 e. The topological polar surface area (TPSA) is 37.8 Å². The third-order valence-corrected chi connectivity index (χ3v) is 4.71. The van der Waals surface area contributed by atoms with E-state index in [0.29, 0.717) is 5.92 Å². The zero-order valence-corrected chi connectivity index (χ0v) is 12.7. The molecule has 0 aliphatic heterocycles. The zero-order valence-electron chi connectivity index (χ0n) is 12.7. The Morgan fingerprint density at radius 1 is 1.00 bits per heavy atom. The van der Waals surface area contributed by atoms with Gasteiger partial charge in [0, 0.05) is 23.7 Å². The van der Waals surface area contributed by atoms with E-state index in [-0.39, 0.29) is 0 Å². The number of nitrogens with zero attached hydrogens (tertiary/aromatic N) is 2. The van der Waals surface area contributed by atoms with Gasteiger partial charge in [0.1, 0.15) is 11.6 Å². The van der Waals surface area contributed by atoms with Gasteiger partial charge in [0.2, 0.25) is 0 Å². The molecule has 1 N–H and O–H groups in total. The van der Waals surface area contributed by atoms with Crippen LogP contribution in [0.25, 0.3) is 0 Å². The molecule has 3 nitrogen and oxygen atoms in total. The van der Waals surface area contributed by atoms with Crippen LogP contribution >= 0.6 is 0 Å². The van der Waals surface area contributed by atoms with Gasteiger partial charge in [-0.15, -0.1) is 0 Å². The molecule has 1 fully saturated rings. The number of hydrogen-bond donors (Lipinski definition) is 1. The highest BCUT2D eigenvalue weighted by Gasteiger charge is 2.23. The van der Waals surface area contributed by atoms with E-state index in [4.69, 9.17) is 9.97 Å². The van der Waals surface area contributed by atoms with Gasteiger partial charge in [0.05, 0.1) is 0 Å². The van der Waals surface area contributed by atoms with Crippen molar-refractivity contribution in [3.8, 4) is 0 Å². The number of aromatic nitrogens is 2. The van der Waals surface area contributed by atoms with Crippen LogP contribution in [0.4, 0.5) is 5.82 Å². The minimum Gasteiger partial charge on any atom is -0.370 e. The van der Waals surface area contributed by atoms with Gasteiger partial charge in [-0.1, -0.05) is 32.6 Å². The average molecular weight is 273 g/mol. The van der Waals surface area contributed by atoms with E-state index in [2.05, 4.69) is 12.2 Å². The van der Waals surface area contributed by atoms with E-state index in [1.54, 1.807) is 0 Å². The van der Waals surface area contributed by atoms with Crippen molar-refractivity contribution in [3.05, 3.63) is 17.1 Å². The van der Waals surface area contributed by atoms with Crippen LogP contribution in [0.1, 0.15) is 81.3 Å². The standard InChI is InChI=1S/C17H27N3/c1-2-12-18-17-14-10-7-11-15(14)19-16(20-17)13-8-5-3-4-6-9-13/h13H,2-12H2,1H3,(H,18,19,20). The lowest BCUT2D eigenvalue weighted by Gasteiger charge is -2.17. The van der Waals surface area contributed by atoms with Gasteiger partial charge in [-0.05, 0) is 38.5 Å². The van der Waals surface area contributed by atoms with Crippen LogP contribution in [0.15, 0.2) is 0 Å². The van der Waals surface area contributed by atoms with E-state index in [0.717, 1.165) is 37.4 Å². The van der Waals surface area contributed by atoms with Gasteiger partial charge in [-0.3, -0.25) is 0 Å². The normalized spacial score (nSPS) is 19.6.